The van der Waals surface area contributed by atoms with E-state index >= 15 is 0 Å². The summed E-state index contributed by atoms with van der Waals surface area (Å²) in [6.45, 7) is 7.28. The summed E-state index contributed by atoms with van der Waals surface area (Å²) in [5, 5.41) is 5.25. The molecule has 32 heavy (non-hydrogen) atoms. The van der Waals surface area contributed by atoms with Crippen molar-refractivity contribution in [2.24, 2.45) is 0 Å². The Hall–Kier alpha value is -2.83. The Balaban J connectivity index is 1.64. The van der Waals surface area contributed by atoms with Crippen LogP contribution in [-0.4, -0.2) is 38.1 Å². The fourth-order valence-electron chi connectivity index (χ4n) is 4.69. The Morgan fingerprint density at radius 1 is 1.09 bits per heavy atom. The monoisotopic (exact) mass is 450 g/mol. The molecule has 1 N–H and O–H groups in total. The van der Waals surface area contributed by atoms with Crippen molar-refractivity contribution < 1.29 is 14.3 Å². The Labute approximate surface area is 194 Å². The van der Waals surface area contributed by atoms with Gasteiger partial charge in [-0.1, -0.05) is 23.8 Å². The van der Waals surface area contributed by atoms with Crippen molar-refractivity contribution in [3.05, 3.63) is 74.5 Å². The largest absolute Gasteiger partial charge is 0.493 e. The van der Waals surface area contributed by atoms with Crippen LogP contribution in [0.4, 0.5) is 5.69 Å². The number of hydrogen-bond donors (Lipinski definition) is 1. The van der Waals surface area contributed by atoms with Gasteiger partial charge in [0.1, 0.15) is 0 Å². The summed E-state index contributed by atoms with van der Waals surface area (Å²) in [4.78, 5) is 16.6. The molecule has 0 bridgehead atoms. The van der Waals surface area contributed by atoms with Crippen LogP contribution in [0.25, 0.3) is 0 Å². The molecule has 1 aliphatic rings. The predicted molar refractivity (Wildman–Crippen MR) is 130 cm³/mol. The molecule has 0 radical (unpaired) electrons. The van der Waals surface area contributed by atoms with Crippen LogP contribution in [-0.2, 0) is 11.2 Å². The number of aryl methyl sites for hydroxylation is 3. The summed E-state index contributed by atoms with van der Waals surface area (Å²) in [6.07, 6.45) is 0.855. The van der Waals surface area contributed by atoms with Crippen molar-refractivity contribution in [3.8, 4) is 11.5 Å². The van der Waals surface area contributed by atoms with Gasteiger partial charge in [-0.05, 0) is 73.0 Å². The van der Waals surface area contributed by atoms with Crippen LogP contribution in [0.15, 0.2) is 41.8 Å². The van der Waals surface area contributed by atoms with Crippen molar-refractivity contribution in [2.45, 2.75) is 33.2 Å². The zero-order valence-electron chi connectivity index (χ0n) is 19.3. The summed E-state index contributed by atoms with van der Waals surface area (Å²) in [5.74, 6) is 1.46. The van der Waals surface area contributed by atoms with E-state index in [4.69, 9.17) is 9.47 Å². The van der Waals surface area contributed by atoms with E-state index < -0.39 is 0 Å². The highest BCUT2D eigenvalue weighted by atomic mass is 32.1. The summed E-state index contributed by atoms with van der Waals surface area (Å²) < 4.78 is 11.1. The van der Waals surface area contributed by atoms with E-state index in [-0.39, 0.29) is 11.9 Å². The zero-order valence-corrected chi connectivity index (χ0v) is 20.1. The molecule has 0 spiro atoms. The maximum atomic E-state index is 13.1. The molecule has 168 valence electrons. The molecule has 5 nitrogen and oxygen atoms in total. The molecule has 1 aromatic heterocycles. The number of nitrogens with one attached hydrogen (secondary N) is 1. The zero-order chi connectivity index (χ0) is 22.8. The standard InChI is InChI=1S/C26H30N2O3S/c1-16-11-17(2)25(18(3)12-16)27-24(29)15-28-9-8-19-13-21(30-4)22(31-5)14-20(19)26(28)23-7-6-10-32-23/h6-7,10-14,26H,8-9,15H2,1-5H3,(H,27,29). The average Bonchev–Trinajstić information content (AvgIpc) is 3.29. The first-order chi connectivity index (χ1) is 15.4. The second-order valence-electron chi connectivity index (χ2n) is 8.37. The number of methoxy groups -OCH3 is 2. The third-order valence-corrected chi connectivity index (χ3v) is 7.00. The van der Waals surface area contributed by atoms with E-state index in [1.54, 1.807) is 25.6 Å². The highest BCUT2D eigenvalue weighted by Gasteiger charge is 2.32. The molecular formula is C26H30N2O3S. The third-order valence-electron chi connectivity index (χ3n) is 6.07. The molecule has 2 heterocycles. The number of amides is 1. The number of hydrogen-bond acceptors (Lipinski definition) is 5. The molecular weight excluding hydrogens is 420 g/mol. The predicted octanol–water partition coefficient (Wildman–Crippen LogP) is 5.28. The van der Waals surface area contributed by atoms with E-state index in [1.807, 2.05) is 13.8 Å². The minimum atomic E-state index is 0.00418. The van der Waals surface area contributed by atoms with Gasteiger partial charge in [0.2, 0.25) is 5.91 Å². The van der Waals surface area contributed by atoms with Crippen LogP contribution in [0.1, 0.15) is 38.7 Å². The number of carbonyl (C=O) groups excluding carboxylic acids is 1. The topological polar surface area (TPSA) is 50.8 Å². The van der Waals surface area contributed by atoms with Gasteiger partial charge in [0.15, 0.2) is 11.5 Å². The fourth-order valence-corrected chi connectivity index (χ4v) is 5.57. The molecule has 0 aliphatic carbocycles. The number of fused-ring (bicyclic) bond motifs is 1. The second kappa shape index (κ2) is 9.35. The Bertz CT molecular complexity index is 1100. The fraction of sp³-hybridized carbons (Fsp3) is 0.346. The molecule has 0 fully saturated rings. The van der Waals surface area contributed by atoms with Gasteiger partial charge < -0.3 is 14.8 Å². The van der Waals surface area contributed by atoms with Gasteiger partial charge in [0, 0.05) is 17.1 Å². The van der Waals surface area contributed by atoms with E-state index in [2.05, 4.69) is 58.9 Å². The lowest BCUT2D eigenvalue weighted by Crippen LogP contribution is -2.41. The van der Waals surface area contributed by atoms with Gasteiger partial charge in [0.25, 0.3) is 0 Å². The van der Waals surface area contributed by atoms with Gasteiger partial charge in [-0.3, -0.25) is 9.69 Å². The lowest BCUT2D eigenvalue weighted by molar-refractivity contribution is -0.117. The lowest BCUT2D eigenvalue weighted by atomic mass is 9.91. The molecule has 4 rings (SSSR count). The molecule has 0 saturated carbocycles. The number of thiophene rings is 1. The summed E-state index contributed by atoms with van der Waals surface area (Å²) in [7, 11) is 3.32. The Kier molecular flexibility index (Phi) is 6.53. The summed E-state index contributed by atoms with van der Waals surface area (Å²) in [5.41, 5.74) is 6.71. The normalized spacial score (nSPS) is 15.8. The van der Waals surface area contributed by atoms with Gasteiger partial charge in [-0.25, -0.2) is 0 Å². The van der Waals surface area contributed by atoms with Crippen molar-refractivity contribution in [3.63, 3.8) is 0 Å². The number of rotatable bonds is 6. The van der Waals surface area contributed by atoms with Gasteiger partial charge in [-0.15, -0.1) is 11.3 Å². The first-order valence-electron chi connectivity index (χ1n) is 10.8. The van der Waals surface area contributed by atoms with Crippen molar-refractivity contribution in [2.75, 3.05) is 32.6 Å². The Morgan fingerprint density at radius 3 is 2.41 bits per heavy atom. The lowest BCUT2D eigenvalue weighted by Gasteiger charge is -2.37. The van der Waals surface area contributed by atoms with E-state index in [0.29, 0.717) is 12.3 Å². The molecule has 1 aliphatic heterocycles. The SMILES string of the molecule is COc1cc2c(cc1OC)C(c1cccs1)N(CC(=O)Nc1c(C)cc(C)cc1C)CC2. The van der Waals surface area contributed by atoms with Gasteiger partial charge in [0.05, 0.1) is 26.8 Å². The number of nitrogens with zero attached hydrogens (tertiary/aromatic N) is 1. The van der Waals surface area contributed by atoms with Crippen LogP contribution >= 0.6 is 11.3 Å². The summed E-state index contributed by atoms with van der Waals surface area (Å²) in [6, 6.07) is 12.6. The number of benzene rings is 2. The van der Waals surface area contributed by atoms with Crippen LogP contribution in [0.2, 0.25) is 0 Å². The van der Waals surface area contributed by atoms with Crippen LogP contribution in [0, 0.1) is 20.8 Å². The number of ether oxygens (including phenoxy) is 2. The maximum Gasteiger partial charge on any atom is 0.238 e. The second-order valence-corrected chi connectivity index (χ2v) is 9.35. The minimum absolute atomic E-state index is 0.00418. The molecule has 6 heteroatoms. The van der Waals surface area contributed by atoms with Crippen LogP contribution < -0.4 is 14.8 Å². The number of anilines is 1. The van der Waals surface area contributed by atoms with Gasteiger partial charge in [-0.2, -0.15) is 0 Å². The smallest absolute Gasteiger partial charge is 0.238 e. The highest BCUT2D eigenvalue weighted by molar-refractivity contribution is 7.10. The van der Waals surface area contributed by atoms with Crippen LogP contribution in [0.3, 0.4) is 0 Å². The van der Waals surface area contributed by atoms with Crippen molar-refractivity contribution in [1.29, 1.82) is 0 Å². The van der Waals surface area contributed by atoms with E-state index in [0.717, 1.165) is 35.5 Å². The van der Waals surface area contributed by atoms with Crippen LogP contribution in [0.5, 0.6) is 11.5 Å². The molecule has 0 saturated heterocycles. The van der Waals surface area contributed by atoms with Crippen molar-refractivity contribution >= 4 is 22.9 Å². The first-order valence-corrected chi connectivity index (χ1v) is 11.7. The quantitative estimate of drug-likeness (QED) is 0.555. The molecule has 1 amide bonds. The Morgan fingerprint density at radius 2 is 1.78 bits per heavy atom. The summed E-state index contributed by atoms with van der Waals surface area (Å²) >= 11 is 1.71. The van der Waals surface area contributed by atoms with Gasteiger partial charge >= 0.3 is 0 Å². The third kappa shape index (κ3) is 4.38. The highest BCUT2D eigenvalue weighted by Crippen LogP contribution is 2.42. The molecule has 1 unspecified atom stereocenters. The molecule has 2 aromatic carbocycles. The maximum absolute atomic E-state index is 13.1. The van der Waals surface area contributed by atoms with E-state index in [9.17, 15) is 4.79 Å². The molecule has 1 atom stereocenters. The average molecular weight is 451 g/mol. The minimum Gasteiger partial charge on any atom is -0.493 e. The van der Waals surface area contributed by atoms with Crippen molar-refractivity contribution in [1.82, 2.24) is 4.90 Å². The number of carbonyl (C=O) groups is 1. The van der Waals surface area contributed by atoms with E-state index in [1.165, 1.54) is 21.6 Å². The first kappa shape index (κ1) is 22.4. The molecule has 3 aromatic rings.